The van der Waals surface area contributed by atoms with Crippen LogP contribution in [0.1, 0.15) is 32.1 Å². The highest BCUT2D eigenvalue weighted by Crippen LogP contribution is 2.33. The molecule has 1 fully saturated rings. The molecular weight excluding hydrogens is 233 g/mol. The summed E-state index contributed by atoms with van der Waals surface area (Å²) in [5.41, 5.74) is 5.27. The van der Waals surface area contributed by atoms with E-state index in [0.717, 1.165) is 12.8 Å². The van der Waals surface area contributed by atoms with Gasteiger partial charge in [-0.15, -0.1) is 0 Å². The molecule has 0 aromatic heterocycles. The average molecular weight is 254 g/mol. The molecule has 0 saturated carbocycles. The Morgan fingerprint density at radius 1 is 1.41 bits per heavy atom. The number of hydrogen-bond acceptors (Lipinski definition) is 3. The lowest BCUT2D eigenvalue weighted by Gasteiger charge is -2.34. The zero-order chi connectivity index (χ0) is 12.9. The summed E-state index contributed by atoms with van der Waals surface area (Å²) in [6, 6.07) is -1.47. The van der Waals surface area contributed by atoms with Crippen LogP contribution in [0.15, 0.2) is 0 Å². The van der Waals surface area contributed by atoms with E-state index in [1.807, 2.05) is 0 Å². The van der Waals surface area contributed by atoms with Gasteiger partial charge in [-0.25, -0.2) is 0 Å². The highest BCUT2D eigenvalue weighted by atomic mass is 19.4. The number of aliphatic hydroxyl groups is 1. The minimum Gasteiger partial charge on any atom is -0.396 e. The normalized spacial score (nSPS) is 24.2. The first kappa shape index (κ1) is 14.7. The fourth-order valence-corrected chi connectivity index (χ4v) is 2.58. The number of nitrogens with zero attached hydrogens (tertiary/aromatic N) is 1. The lowest BCUT2D eigenvalue weighted by molar-refractivity contribution is -0.187. The van der Waals surface area contributed by atoms with Crippen LogP contribution >= 0.6 is 0 Å². The molecule has 2 unspecified atom stereocenters. The Kier molecular flexibility index (Phi) is 5.69. The number of aliphatic hydroxyl groups excluding tert-OH is 1. The van der Waals surface area contributed by atoms with Crippen molar-refractivity contribution in [1.82, 2.24) is 4.90 Å². The van der Waals surface area contributed by atoms with Crippen LogP contribution < -0.4 is 5.73 Å². The summed E-state index contributed by atoms with van der Waals surface area (Å²) in [7, 11) is 0. The molecule has 2 atom stereocenters. The molecule has 0 bridgehead atoms. The summed E-state index contributed by atoms with van der Waals surface area (Å²) in [6.07, 6.45) is -1.47. The third-order valence-corrected chi connectivity index (χ3v) is 3.34. The zero-order valence-electron chi connectivity index (χ0n) is 9.92. The summed E-state index contributed by atoms with van der Waals surface area (Å²) >= 11 is 0. The molecule has 3 N–H and O–H groups in total. The molecule has 102 valence electrons. The molecule has 1 aliphatic heterocycles. The highest BCUT2D eigenvalue weighted by molar-refractivity contribution is 4.88. The van der Waals surface area contributed by atoms with Crippen LogP contribution in [0.4, 0.5) is 13.2 Å². The first-order valence-corrected chi connectivity index (χ1v) is 6.14. The SMILES string of the molecule is NCCC(N1CCCC1CCCO)C(F)(F)F. The van der Waals surface area contributed by atoms with Gasteiger partial charge in [-0.3, -0.25) is 4.90 Å². The van der Waals surface area contributed by atoms with Crippen molar-refractivity contribution in [1.29, 1.82) is 0 Å². The zero-order valence-corrected chi connectivity index (χ0v) is 9.92. The molecule has 0 aromatic carbocycles. The molecule has 1 aliphatic rings. The molecule has 3 nitrogen and oxygen atoms in total. The van der Waals surface area contributed by atoms with E-state index in [0.29, 0.717) is 19.4 Å². The van der Waals surface area contributed by atoms with E-state index in [4.69, 9.17) is 10.8 Å². The molecule has 0 spiro atoms. The van der Waals surface area contributed by atoms with E-state index in [9.17, 15) is 13.2 Å². The van der Waals surface area contributed by atoms with Crippen LogP contribution in [-0.2, 0) is 0 Å². The van der Waals surface area contributed by atoms with Crippen molar-refractivity contribution in [3.8, 4) is 0 Å². The minimum absolute atomic E-state index is 0.0396. The number of rotatable bonds is 6. The van der Waals surface area contributed by atoms with Crippen molar-refractivity contribution in [2.45, 2.75) is 50.4 Å². The van der Waals surface area contributed by atoms with Crippen molar-refractivity contribution in [3.05, 3.63) is 0 Å². The van der Waals surface area contributed by atoms with Crippen molar-refractivity contribution in [2.75, 3.05) is 19.7 Å². The fourth-order valence-electron chi connectivity index (χ4n) is 2.58. The first-order chi connectivity index (χ1) is 8.00. The standard InChI is InChI=1S/C11H21F3N2O/c12-11(13,14)10(5-6-15)16-7-1-3-9(16)4-2-8-17/h9-10,17H,1-8,15H2. The fraction of sp³-hybridized carbons (Fsp3) is 1.00. The van der Waals surface area contributed by atoms with Gasteiger partial charge in [0.05, 0.1) is 0 Å². The van der Waals surface area contributed by atoms with Crippen LogP contribution in [0.5, 0.6) is 0 Å². The molecule has 0 amide bonds. The van der Waals surface area contributed by atoms with Gasteiger partial charge in [-0.05, 0) is 45.2 Å². The van der Waals surface area contributed by atoms with Gasteiger partial charge >= 0.3 is 6.18 Å². The lowest BCUT2D eigenvalue weighted by atomic mass is 10.1. The van der Waals surface area contributed by atoms with Crippen LogP contribution in [0, 0.1) is 0 Å². The molecule has 0 aromatic rings. The Morgan fingerprint density at radius 2 is 2.12 bits per heavy atom. The third kappa shape index (κ3) is 4.12. The van der Waals surface area contributed by atoms with Gasteiger partial charge in [0.1, 0.15) is 6.04 Å². The molecule has 0 radical (unpaired) electrons. The maximum Gasteiger partial charge on any atom is 0.404 e. The Hall–Kier alpha value is -0.330. The van der Waals surface area contributed by atoms with E-state index in [1.54, 1.807) is 0 Å². The van der Waals surface area contributed by atoms with Crippen LogP contribution in [0.2, 0.25) is 0 Å². The number of halogens is 3. The topological polar surface area (TPSA) is 49.5 Å². The Labute approximate surface area is 99.8 Å². The number of alkyl halides is 3. The molecule has 0 aliphatic carbocycles. The summed E-state index contributed by atoms with van der Waals surface area (Å²) < 4.78 is 38.7. The van der Waals surface area contributed by atoms with Crippen molar-refractivity contribution < 1.29 is 18.3 Å². The second-order valence-corrected chi connectivity index (χ2v) is 4.53. The molecule has 1 saturated heterocycles. The summed E-state index contributed by atoms with van der Waals surface area (Å²) in [6.45, 7) is 0.575. The van der Waals surface area contributed by atoms with E-state index in [-0.39, 0.29) is 25.6 Å². The van der Waals surface area contributed by atoms with E-state index in [2.05, 4.69) is 0 Å². The second kappa shape index (κ2) is 6.56. The Balaban J connectivity index is 2.64. The maximum atomic E-state index is 12.9. The molecule has 1 rings (SSSR count). The van der Waals surface area contributed by atoms with Crippen molar-refractivity contribution in [3.63, 3.8) is 0 Å². The van der Waals surface area contributed by atoms with Gasteiger partial charge < -0.3 is 10.8 Å². The molecule has 1 heterocycles. The average Bonchev–Trinajstić information content (AvgIpc) is 2.69. The summed E-state index contributed by atoms with van der Waals surface area (Å²) in [4.78, 5) is 1.53. The maximum absolute atomic E-state index is 12.9. The van der Waals surface area contributed by atoms with Gasteiger partial charge in [0, 0.05) is 12.6 Å². The molecule has 6 heteroatoms. The van der Waals surface area contributed by atoms with Crippen molar-refractivity contribution in [2.24, 2.45) is 5.73 Å². The van der Waals surface area contributed by atoms with Gasteiger partial charge in [-0.2, -0.15) is 13.2 Å². The van der Waals surface area contributed by atoms with Gasteiger partial charge in [0.2, 0.25) is 0 Å². The number of nitrogens with two attached hydrogens (primary N) is 1. The smallest absolute Gasteiger partial charge is 0.396 e. The Morgan fingerprint density at radius 3 is 2.65 bits per heavy atom. The quantitative estimate of drug-likeness (QED) is 0.755. The Bertz CT molecular complexity index is 223. The first-order valence-electron chi connectivity index (χ1n) is 6.14. The van der Waals surface area contributed by atoms with Gasteiger partial charge in [-0.1, -0.05) is 0 Å². The van der Waals surface area contributed by atoms with Crippen molar-refractivity contribution >= 4 is 0 Å². The van der Waals surface area contributed by atoms with Crippen LogP contribution in [0.3, 0.4) is 0 Å². The summed E-state index contributed by atoms with van der Waals surface area (Å²) in [5, 5.41) is 8.75. The van der Waals surface area contributed by atoms with E-state index >= 15 is 0 Å². The molecule has 17 heavy (non-hydrogen) atoms. The minimum atomic E-state index is -4.21. The number of hydrogen-bond donors (Lipinski definition) is 2. The van der Waals surface area contributed by atoms with Crippen LogP contribution in [-0.4, -0.2) is 48.0 Å². The largest absolute Gasteiger partial charge is 0.404 e. The number of likely N-dealkylation sites (tertiary alicyclic amines) is 1. The van der Waals surface area contributed by atoms with Gasteiger partial charge in [0.15, 0.2) is 0 Å². The highest BCUT2D eigenvalue weighted by Gasteiger charge is 2.46. The monoisotopic (exact) mass is 254 g/mol. The van der Waals surface area contributed by atoms with E-state index < -0.39 is 12.2 Å². The van der Waals surface area contributed by atoms with E-state index in [1.165, 1.54) is 4.90 Å². The summed E-state index contributed by atoms with van der Waals surface area (Å²) in [5.74, 6) is 0. The molecular formula is C11H21F3N2O. The predicted octanol–water partition coefficient (Wildman–Crippen LogP) is 1.50. The predicted molar refractivity (Wildman–Crippen MR) is 59.6 cm³/mol. The van der Waals surface area contributed by atoms with Gasteiger partial charge in [0.25, 0.3) is 0 Å². The lowest BCUT2D eigenvalue weighted by Crippen LogP contribution is -2.49. The third-order valence-electron chi connectivity index (χ3n) is 3.34. The second-order valence-electron chi connectivity index (χ2n) is 4.53. The van der Waals surface area contributed by atoms with Crippen LogP contribution in [0.25, 0.3) is 0 Å².